The van der Waals surface area contributed by atoms with E-state index in [4.69, 9.17) is 0 Å². The van der Waals surface area contributed by atoms with Crippen molar-refractivity contribution >= 4 is 5.91 Å². The third kappa shape index (κ3) is 1.57. The number of amides is 1. The molecule has 0 spiro atoms. The maximum atomic E-state index is 11.7. The maximum absolute atomic E-state index is 11.7. The summed E-state index contributed by atoms with van der Waals surface area (Å²) < 4.78 is 23.5. The Bertz CT molecular complexity index is 203. The summed E-state index contributed by atoms with van der Waals surface area (Å²) >= 11 is 0. The molecule has 0 heterocycles. The summed E-state index contributed by atoms with van der Waals surface area (Å²) in [5.74, 6) is 0.115. The molecule has 1 N–H and O–H groups in total. The number of hydrogen-bond acceptors (Lipinski definition) is 1. The van der Waals surface area contributed by atoms with Crippen molar-refractivity contribution in [2.45, 2.75) is 31.7 Å². The Morgan fingerprint density at radius 1 is 1.42 bits per heavy atom. The number of carbonyl (C=O) groups excluding carboxylic acids is 1. The van der Waals surface area contributed by atoms with Crippen LogP contribution in [0.2, 0.25) is 0 Å². The van der Waals surface area contributed by atoms with Gasteiger partial charge in [0, 0.05) is 6.04 Å². The van der Waals surface area contributed by atoms with Crippen molar-refractivity contribution in [3.05, 3.63) is 0 Å². The van der Waals surface area contributed by atoms with E-state index < -0.39 is 12.3 Å². The molecular weight excluding hydrogens is 164 g/mol. The molecule has 2 nitrogen and oxygen atoms in total. The molecule has 0 saturated heterocycles. The van der Waals surface area contributed by atoms with E-state index in [0.717, 1.165) is 6.42 Å². The molecule has 0 radical (unpaired) electrons. The second-order valence-electron chi connectivity index (χ2n) is 3.65. The minimum atomic E-state index is -2.86. The van der Waals surface area contributed by atoms with Gasteiger partial charge in [0.2, 0.25) is 0 Å². The van der Waals surface area contributed by atoms with Crippen LogP contribution >= 0.6 is 0 Å². The van der Waals surface area contributed by atoms with Gasteiger partial charge < -0.3 is 5.32 Å². The number of rotatable bonds is 3. The number of hydrogen-bond donors (Lipinski definition) is 1. The van der Waals surface area contributed by atoms with Gasteiger partial charge in [-0.2, -0.15) is 8.78 Å². The van der Waals surface area contributed by atoms with Gasteiger partial charge in [-0.25, -0.2) is 0 Å². The summed E-state index contributed by atoms with van der Waals surface area (Å²) in [6, 6.07) is 0.0546. The first-order valence-electron chi connectivity index (χ1n) is 4.27. The van der Waals surface area contributed by atoms with Gasteiger partial charge >= 0.3 is 6.43 Å². The molecule has 2 aliphatic rings. The summed E-state index contributed by atoms with van der Waals surface area (Å²) in [5.41, 5.74) is 0. The molecule has 0 aromatic carbocycles. The highest BCUT2D eigenvalue weighted by molar-refractivity contribution is 5.79. The molecule has 12 heavy (non-hydrogen) atoms. The molecule has 4 heteroatoms. The third-order valence-corrected chi connectivity index (χ3v) is 2.59. The molecule has 0 aromatic heterocycles. The number of halogens is 2. The van der Waals surface area contributed by atoms with E-state index in [2.05, 4.69) is 5.32 Å². The van der Waals surface area contributed by atoms with Crippen LogP contribution in [0.4, 0.5) is 8.78 Å². The highest BCUT2D eigenvalue weighted by Gasteiger charge is 2.48. The van der Waals surface area contributed by atoms with Crippen molar-refractivity contribution < 1.29 is 13.6 Å². The van der Waals surface area contributed by atoms with Crippen molar-refractivity contribution in [2.75, 3.05) is 0 Å². The first-order valence-corrected chi connectivity index (χ1v) is 4.27. The Morgan fingerprint density at radius 3 is 2.58 bits per heavy atom. The van der Waals surface area contributed by atoms with Gasteiger partial charge in [0.25, 0.3) is 5.91 Å². The van der Waals surface area contributed by atoms with E-state index in [1.54, 1.807) is 0 Å². The summed E-state index contributed by atoms with van der Waals surface area (Å²) in [5, 5.41) is 2.34. The molecule has 1 amide bonds. The zero-order chi connectivity index (χ0) is 8.72. The number of carbonyl (C=O) groups is 1. The molecule has 2 aliphatic carbocycles. The topological polar surface area (TPSA) is 29.1 Å². The standard InChI is InChI=1S/C8H11F2NO/c9-7(10)8(12)11-6-3-5(6)4-1-2-4/h4-7H,1-3H2,(H,11,12). The zero-order valence-electron chi connectivity index (χ0n) is 6.59. The number of nitrogens with one attached hydrogen (secondary N) is 1. The third-order valence-electron chi connectivity index (χ3n) is 2.59. The fourth-order valence-corrected chi connectivity index (χ4v) is 1.67. The molecule has 2 unspecified atom stereocenters. The van der Waals surface area contributed by atoms with Crippen LogP contribution in [0.15, 0.2) is 0 Å². The first kappa shape index (κ1) is 7.95. The van der Waals surface area contributed by atoms with Crippen molar-refractivity contribution in [2.24, 2.45) is 11.8 Å². The Balaban J connectivity index is 1.71. The van der Waals surface area contributed by atoms with E-state index >= 15 is 0 Å². The van der Waals surface area contributed by atoms with Crippen LogP contribution in [-0.4, -0.2) is 18.4 Å². The van der Waals surface area contributed by atoms with Crippen LogP contribution in [-0.2, 0) is 4.79 Å². The second-order valence-corrected chi connectivity index (χ2v) is 3.65. The van der Waals surface area contributed by atoms with Gasteiger partial charge in [-0.15, -0.1) is 0 Å². The minimum absolute atomic E-state index is 0.0546. The summed E-state index contributed by atoms with van der Waals surface area (Å²) in [7, 11) is 0. The van der Waals surface area contributed by atoms with Crippen LogP contribution in [0.1, 0.15) is 19.3 Å². The van der Waals surface area contributed by atoms with Gasteiger partial charge in [0.1, 0.15) is 0 Å². The van der Waals surface area contributed by atoms with Gasteiger partial charge in [0.05, 0.1) is 0 Å². The molecular formula is C8H11F2NO. The smallest absolute Gasteiger partial charge is 0.315 e. The van der Waals surface area contributed by atoms with Crippen LogP contribution in [0.5, 0.6) is 0 Å². The fourth-order valence-electron chi connectivity index (χ4n) is 1.67. The molecule has 0 aliphatic heterocycles. The molecule has 2 saturated carbocycles. The zero-order valence-corrected chi connectivity index (χ0v) is 6.59. The van der Waals surface area contributed by atoms with Gasteiger partial charge in [-0.05, 0) is 31.1 Å². The Labute approximate surface area is 69.3 Å². The molecule has 2 fully saturated rings. The van der Waals surface area contributed by atoms with Gasteiger partial charge in [-0.1, -0.05) is 0 Å². The quantitative estimate of drug-likeness (QED) is 0.685. The van der Waals surface area contributed by atoms with E-state index in [1.165, 1.54) is 12.8 Å². The lowest BCUT2D eigenvalue weighted by molar-refractivity contribution is -0.131. The average molecular weight is 175 g/mol. The predicted molar refractivity (Wildman–Crippen MR) is 38.8 cm³/mol. The fraction of sp³-hybridized carbons (Fsp3) is 0.875. The molecule has 0 bridgehead atoms. The van der Waals surface area contributed by atoms with Crippen molar-refractivity contribution in [3.63, 3.8) is 0 Å². The lowest BCUT2D eigenvalue weighted by Gasteiger charge is -2.01. The normalized spacial score (nSPS) is 33.6. The SMILES string of the molecule is O=C(NC1CC1C1CC1)C(F)F. The van der Waals surface area contributed by atoms with Gasteiger partial charge in [0.15, 0.2) is 0 Å². The van der Waals surface area contributed by atoms with E-state index in [1.807, 2.05) is 0 Å². The largest absolute Gasteiger partial charge is 0.348 e. The van der Waals surface area contributed by atoms with Crippen LogP contribution in [0.25, 0.3) is 0 Å². The lowest BCUT2D eigenvalue weighted by atomic mass is 10.3. The summed E-state index contributed by atoms with van der Waals surface area (Å²) in [6.45, 7) is 0. The molecule has 2 rings (SSSR count). The van der Waals surface area contributed by atoms with E-state index in [0.29, 0.717) is 11.8 Å². The Morgan fingerprint density at radius 2 is 2.08 bits per heavy atom. The lowest BCUT2D eigenvalue weighted by Crippen LogP contribution is -2.32. The minimum Gasteiger partial charge on any atom is -0.348 e. The van der Waals surface area contributed by atoms with Crippen LogP contribution < -0.4 is 5.32 Å². The van der Waals surface area contributed by atoms with E-state index in [9.17, 15) is 13.6 Å². The summed E-state index contributed by atoms with van der Waals surface area (Å²) in [6.07, 6.45) is 0.478. The predicted octanol–water partition coefficient (Wildman–Crippen LogP) is 1.17. The van der Waals surface area contributed by atoms with Gasteiger partial charge in [-0.3, -0.25) is 4.79 Å². The molecule has 0 aromatic rings. The maximum Gasteiger partial charge on any atom is 0.315 e. The van der Waals surface area contributed by atoms with E-state index in [-0.39, 0.29) is 6.04 Å². The van der Waals surface area contributed by atoms with Crippen LogP contribution in [0, 0.1) is 11.8 Å². The highest BCUT2D eigenvalue weighted by atomic mass is 19.3. The Hall–Kier alpha value is -0.670. The first-order chi connectivity index (χ1) is 5.68. The van der Waals surface area contributed by atoms with Crippen molar-refractivity contribution in [3.8, 4) is 0 Å². The molecule has 2 atom stereocenters. The average Bonchev–Trinajstić information content (AvgIpc) is 2.79. The Kier molecular flexibility index (Phi) is 1.77. The van der Waals surface area contributed by atoms with Crippen LogP contribution in [0.3, 0.4) is 0 Å². The molecule has 68 valence electrons. The van der Waals surface area contributed by atoms with Crippen molar-refractivity contribution in [1.29, 1.82) is 0 Å². The monoisotopic (exact) mass is 175 g/mol. The summed E-state index contributed by atoms with van der Waals surface area (Å²) in [4.78, 5) is 10.5. The van der Waals surface area contributed by atoms with Crippen molar-refractivity contribution in [1.82, 2.24) is 5.32 Å². The highest BCUT2D eigenvalue weighted by Crippen LogP contribution is 2.49. The number of alkyl halides is 2. The second kappa shape index (κ2) is 2.68.